The predicted molar refractivity (Wildman–Crippen MR) is 141 cm³/mol. The van der Waals surface area contributed by atoms with E-state index in [0.717, 1.165) is 71.9 Å². The van der Waals surface area contributed by atoms with Gasteiger partial charge < -0.3 is 13.2 Å². The summed E-state index contributed by atoms with van der Waals surface area (Å²) < 4.78 is 14.5. The predicted octanol–water partition coefficient (Wildman–Crippen LogP) is 8.47. The van der Waals surface area contributed by atoms with Crippen molar-refractivity contribution in [3.63, 3.8) is 0 Å². The van der Waals surface area contributed by atoms with E-state index < -0.39 is 0 Å². The average Bonchev–Trinajstić information content (AvgIpc) is 3.61. The quantitative estimate of drug-likeness (QED) is 0.265. The Balaban J connectivity index is 1.29. The average molecular weight is 450 g/mol. The first kappa shape index (κ1) is 18.6. The second-order valence-electron chi connectivity index (χ2n) is 8.90. The number of hydrogen-bond acceptors (Lipinski definition) is 3. The summed E-state index contributed by atoms with van der Waals surface area (Å²) in [7, 11) is 0. The summed E-state index contributed by atoms with van der Waals surface area (Å²) >= 11 is 0. The van der Waals surface area contributed by atoms with E-state index in [-0.39, 0.29) is 0 Å². The Kier molecular flexibility index (Phi) is 3.63. The molecule has 35 heavy (non-hydrogen) atoms. The molecule has 0 saturated heterocycles. The van der Waals surface area contributed by atoms with Crippen molar-refractivity contribution in [2.75, 3.05) is 0 Å². The zero-order valence-corrected chi connectivity index (χ0v) is 18.6. The van der Waals surface area contributed by atoms with Crippen LogP contribution in [0.4, 0.5) is 0 Å². The first-order chi connectivity index (χ1) is 17.3. The van der Waals surface area contributed by atoms with Crippen LogP contribution in [0, 0.1) is 0 Å². The molecule has 4 nitrogen and oxygen atoms in total. The van der Waals surface area contributed by atoms with Crippen molar-refractivity contribution in [1.29, 1.82) is 0 Å². The van der Waals surface area contributed by atoms with E-state index >= 15 is 0 Å². The van der Waals surface area contributed by atoms with Crippen molar-refractivity contribution in [1.82, 2.24) is 9.38 Å². The van der Waals surface area contributed by atoms with E-state index in [0.29, 0.717) is 0 Å². The van der Waals surface area contributed by atoms with Crippen molar-refractivity contribution in [3.8, 4) is 22.4 Å². The molecule has 4 aromatic heterocycles. The molecule has 0 fully saturated rings. The van der Waals surface area contributed by atoms with Crippen molar-refractivity contribution in [2.45, 2.75) is 0 Å². The van der Waals surface area contributed by atoms with Crippen molar-refractivity contribution in [3.05, 3.63) is 109 Å². The van der Waals surface area contributed by atoms with Crippen LogP contribution in [0.15, 0.2) is 118 Å². The van der Waals surface area contributed by atoms with Crippen LogP contribution < -0.4 is 0 Å². The van der Waals surface area contributed by atoms with Crippen LogP contribution in [0.5, 0.6) is 0 Å². The molecule has 0 saturated carbocycles. The zero-order valence-electron chi connectivity index (χ0n) is 18.6. The molecule has 0 radical (unpaired) electrons. The third-order valence-corrected chi connectivity index (χ3v) is 6.84. The molecule has 0 aliphatic rings. The molecule has 0 N–H and O–H groups in total. The van der Waals surface area contributed by atoms with Crippen LogP contribution >= 0.6 is 0 Å². The van der Waals surface area contributed by atoms with E-state index in [1.54, 1.807) is 0 Å². The topological polar surface area (TPSA) is 43.6 Å². The van der Waals surface area contributed by atoms with Gasteiger partial charge in [0.25, 0.3) is 0 Å². The number of para-hydroxylation sites is 1. The fourth-order valence-electron chi connectivity index (χ4n) is 5.13. The van der Waals surface area contributed by atoms with Gasteiger partial charge in [-0.1, -0.05) is 48.5 Å². The molecule has 4 aromatic carbocycles. The molecule has 0 unspecified atom stereocenters. The molecule has 8 rings (SSSR count). The minimum absolute atomic E-state index is 0.796. The third-order valence-electron chi connectivity index (χ3n) is 6.84. The normalized spacial score (nSPS) is 12.0. The summed E-state index contributed by atoms with van der Waals surface area (Å²) in [6.07, 6.45) is 4.09. The molecule has 0 aliphatic heterocycles. The van der Waals surface area contributed by atoms with Crippen molar-refractivity contribution in [2.24, 2.45) is 0 Å². The largest absolute Gasteiger partial charge is 0.452 e. The van der Waals surface area contributed by atoms with Gasteiger partial charge in [0.15, 0.2) is 11.2 Å². The lowest BCUT2D eigenvalue weighted by molar-refractivity contribution is 0.633. The lowest BCUT2D eigenvalue weighted by Gasteiger charge is -2.04. The van der Waals surface area contributed by atoms with Gasteiger partial charge in [-0.25, -0.2) is 4.98 Å². The van der Waals surface area contributed by atoms with Crippen molar-refractivity contribution < 1.29 is 8.83 Å². The van der Waals surface area contributed by atoms with Crippen LogP contribution in [0.3, 0.4) is 0 Å². The summed E-state index contributed by atoms with van der Waals surface area (Å²) in [6.45, 7) is 0. The van der Waals surface area contributed by atoms with Crippen molar-refractivity contribution >= 4 is 49.5 Å². The molecular weight excluding hydrogens is 432 g/mol. The van der Waals surface area contributed by atoms with Gasteiger partial charge in [0.2, 0.25) is 0 Å². The van der Waals surface area contributed by atoms with Gasteiger partial charge in [0, 0.05) is 39.5 Å². The minimum Gasteiger partial charge on any atom is -0.452 e. The van der Waals surface area contributed by atoms with Gasteiger partial charge in [-0.2, -0.15) is 0 Å². The second kappa shape index (κ2) is 6.84. The first-order valence-corrected chi connectivity index (χ1v) is 11.6. The highest BCUT2D eigenvalue weighted by molar-refractivity contribution is 6.19. The zero-order chi connectivity index (χ0) is 22.9. The molecule has 0 atom stereocenters. The van der Waals surface area contributed by atoms with Gasteiger partial charge in [0.05, 0.1) is 5.69 Å². The van der Waals surface area contributed by atoms with E-state index in [1.807, 2.05) is 47.0 Å². The number of fused-ring (bicyclic) bond motifs is 8. The van der Waals surface area contributed by atoms with Crippen LogP contribution in [0.1, 0.15) is 0 Å². The summed E-state index contributed by atoms with van der Waals surface area (Å²) in [5.41, 5.74) is 8.59. The fraction of sp³-hybridized carbons (Fsp3) is 0. The van der Waals surface area contributed by atoms with Crippen LogP contribution in [0.2, 0.25) is 0 Å². The maximum absolute atomic E-state index is 6.31. The highest BCUT2D eigenvalue weighted by atomic mass is 16.4. The molecule has 0 bridgehead atoms. The maximum Gasteiger partial charge on any atom is 0.178 e. The number of furan rings is 2. The summed E-state index contributed by atoms with van der Waals surface area (Å²) in [5.74, 6) is 0. The fourth-order valence-corrected chi connectivity index (χ4v) is 5.13. The number of pyridine rings is 1. The van der Waals surface area contributed by atoms with E-state index in [1.165, 1.54) is 0 Å². The lowest BCUT2D eigenvalue weighted by Crippen LogP contribution is -1.81. The molecule has 4 heteroatoms. The molecular formula is C31H18N2O2. The standard InChI is InChI=1S/C31H18N2O2/c1-2-9-27-22(8-1)23-12-13-24-25-17-20(11-14-28(25)35-31(24)30(23)34-27)19-6-5-7-21(16-19)26-18-33-15-4-3-10-29(33)32-26/h1-18H. The minimum atomic E-state index is 0.796. The maximum atomic E-state index is 6.31. The van der Waals surface area contributed by atoms with E-state index in [4.69, 9.17) is 13.8 Å². The van der Waals surface area contributed by atoms with Crippen LogP contribution in [-0.2, 0) is 0 Å². The summed E-state index contributed by atoms with van der Waals surface area (Å²) in [5, 5.41) is 4.32. The van der Waals surface area contributed by atoms with Gasteiger partial charge in [-0.15, -0.1) is 0 Å². The number of rotatable bonds is 2. The monoisotopic (exact) mass is 450 g/mol. The SMILES string of the molecule is c1cc(-c2ccc3oc4c(ccc5c6ccccc6oc54)c3c2)cc(-c2cn3ccccc3n2)c1. The molecule has 164 valence electrons. The smallest absolute Gasteiger partial charge is 0.178 e. The Morgan fingerprint density at radius 1 is 0.543 bits per heavy atom. The highest BCUT2D eigenvalue weighted by Crippen LogP contribution is 2.39. The Hall–Kier alpha value is -4.83. The summed E-state index contributed by atoms with van der Waals surface area (Å²) in [6, 6.07) is 33.3. The Morgan fingerprint density at radius 3 is 2.17 bits per heavy atom. The number of benzene rings is 4. The Labute approximate surface area is 199 Å². The Bertz CT molecular complexity index is 2040. The van der Waals surface area contributed by atoms with Gasteiger partial charge >= 0.3 is 0 Å². The molecule has 0 spiro atoms. The number of hydrogen-bond donors (Lipinski definition) is 0. The van der Waals surface area contributed by atoms with E-state index in [2.05, 4.69) is 66.9 Å². The van der Waals surface area contributed by atoms with Gasteiger partial charge in [-0.05, 0) is 59.7 Å². The number of aromatic nitrogens is 2. The number of nitrogens with zero attached hydrogens (tertiary/aromatic N) is 2. The summed E-state index contributed by atoms with van der Waals surface area (Å²) in [4.78, 5) is 4.78. The van der Waals surface area contributed by atoms with Crippen LogP contribution in [-0.4, -0.2) is 9.38 Å². The Morgan fingerprint density at radius 2 is 1.29 bits per heavy atom. The molecule has 4 heterocycles. The van der Waals surface area contributed by atoms with E-state index in [9.17, 15) is 0 Å². The number of imidazole rings is 1. The highest BCUT2D eigenvalue weighted by Gasteiger charge is 2.16. The third kappa shape index (κ3) is 2.71. The first-order valence-electron chi connectivity index (χ1n) is 11.6. The molecule has 0 amide bonds. The van der Waals surface area contributed by atoms with Gasteiger partial charge in [-0.3, -0.25) is 0 Å². The molecule has 8 aromatic rings. The van der Waals surface area contributed by atoms with Gasteiger partial charge in [0.1, 0.15) is 16.8 Å². The second-order valence-corrected chi connectivity index (χ2v) is 8.90. The van der Waals surface area contributed by atoms with Crippen LogP contribution in [0.25, 0.3) is 71.9 Å². The molecule has 0 aliphatic carbocycles. The lowest BCUT2D eigenvalue weighted by atomic mass is 10.00.